The molecule has 1 fully saturated rings. The van der Waals surface area contributed by atoms with Crippen LogP contribution >= 0.6 is 0 Å². The summed E-state index contributed by atoms with van der Waals surface area (Å²) < 4.78 is 0. The Hall–Kier alpha value is -1.77. The Labute approximate surface area is 99.5 Å². The van der Waals surface area contributed by atoms with Crippen molar-refractivity contribution in [1.82, 2.24) is 4.98 Å². The number of hydrogen-bond donors (Lipinski definition) is 2. The van der Waals surface area contributed by atoms with Gasteiger partial charge in [0.05, 0.1) is 0 Å². The quantitative estimate of drug-likeness (QED) is 0.827. The Morgan fingerprint density at radius 1 is 1.24 bits per heavy atom. The van der Waals surface area contributed by atoms with Crippen molar-refractivity contribution in [2.75, 3.05) is 0 Å². The number of aromatic amines is 1. The average Bonchev–Trinajstić information content (AvgIpc) is 2.94. The fraction of sp³-hybridized carbons (Fsp3) is 0.357. The number of hydrogen-bond acceptors (Lipinski definition) is 1. The highest BCUT2D eigenvalue weighted by Gasteiger charge is 2.26. The molecule has 0 radical (unpaired) electrons. The molecule has 17 heavy (non-hydrogen) atoms. The van der Waals surface area contributed by atoms with Gasteiger partial charge in [0.2, 0.25) is 0 Å². The summed E-state index contributed by atoms with van der Waals surface area (Å²) in [6, 6.07) is 7.87. The molecule has 0 atom stereocenters. The Bertz CT molecular complexity index is 565. The second-order valence-electron chi connectivity index (χ2n) is 4.75. The number of aromatic carboxylic acids is 1. The molecule has 1 saturated carbocycles. The van der Waals surface area contributed by atoms with Gasteiger partial charge in [-0.15, -0.1) is 0 Å². The van der Waals surface area contributed by atoms with E-state index in [-0.39, 0.29) is 0 Å². The van der Waals surface area contributed by atoms with Gasteiger partial charge in [0.15, 0.2) is 0 Å². The lowest BCUT2D eigenvalue weighted by Crippen LogP contribution is -2.04. The van der Waals surface area contributed by atoms with Crippen LogP contribution in [0.25, 0.3) is 10.9 Å². The molecule has 3 nitrogen and oxygen atoms in total. The van der Waals surface area contributed by atoms with Gasteiger partial charge < -0.3 is 10.1 Å². The number of nitrogens with one attached hydrogen (secondary N) is 1. The van der Waals surface area contributed by atoms with Gasteiger partial charge in [-0.1, -0.05) is 31.0 Å². The van der Waals surface area contributed by atoms with Gasteiger partial charge in [0.25, 0.3) is 0 Å². The molecule has 3 rings (SSSR count). The number of benzene rings is 1. The highest BCUT2D eigenvalue weighted by Crippen LogP contribution is 2.39. The van der Waals surface area contributed by atoms with Gasteiger partial charge >= 0.3 is 5.97 Å². The monoisotopic (exact) mass is 229 g/mol. The average molecular weight is 229 g/mol. The van der Waals surface area contributed by atoms with E-state index in [0.717, 1.165) is 29.3 Å². The number of H-pyrrole nitrogens is 1. The third-order valence-electron chi connectivity index (χ3n) is 3.72. The predicted octanol–water partition coefficient (Wildman–Crippen LogP) is 3.52. The number of rotatable bonds is 2. The fourth-order valence-electron chi connectivity index (χ4n) is 2.97. The second-order valence-corrected chi connectivity index (χ2v) is 4.75. The van der Waals surface area contributed by atoms with Crippen LogP contribution in [-0.4, -0.2) is 16.1 Å². The molecule has 0 spiro atoms. The molecule has 88 valence electrons. The maximum Gasteiger partial charge on any atom is 0.352 e. The molecule has 2 N–H and O–H groups in total. The highest BCUT2D eigenvalue weighted by molar-refractivity contribution is 5.97. The topological polar surface area (TPSA) is 53.1 Å². The normalized spacial score (nSPS) is 16.7. The van der Waals surface area contributed by atoms with Crippen LogP contribution in [0.1, 0.15) is 47.7 Å². The third-order valence-corrected chi connectivity index (χ3v) is 3.72. The van der Waals surface area contributed by atoms with Crippen molar-refractivity contribution < 1.29 is 9.90 Å². The van der Waals surface area contributed by atoms with Gasteiger partial charge in [-0.05, 0) is 30.4 Å². The summed E-state index contributed by atoms with van der Waals surface area (Å²) in [7, 11) is 0. The minimum atomic E-state index is -0.844. The maximum absolute atomic E-state index is 11.3. The zero-order chi connectivity index (χ0) is 11.8. The van der Waals surface area contributed by atoms with E-state index in [1.165, 1.54) is 12.8 Å². The minimum absolute atomic E-state index is 0.387. The molecule has 1 aliphatic rings. The molecule has 0 amide bonds. The molecule has 0 unspecified atom stereocenters. The zero-order valence-corrected chi connectivity index (χ0v) is 9.57. The lowest BCUT2D eigenvalue weighted by atomic mass is 9.94. The van der Waals surface area contributed by atoms with Crippen LogP contribution in [0, 0.1) is 0 Å². The van der Waals surface area contributed by atoms with Crippen molar-refractivity contribution in [2.45, 2.75) is 31.6 Å². The molecular formula is C14H15NO2. The number of para-hydroxylation sites is 1. The van der Waals surface area contributed by atoms with Crippen LogP contribution in [0.5, 0.6) is 0 Å². The maximum atomic E-state index is 11.3. The first-order valence-corrected chi connectivity index (χ1v) is 6.11. The molecule has 3 heteroatoms. The lowest BCUT2D eigenvalue weighted by molar-refractivity contribution is 0.0690. The smallest absolute Gasteiger partial charge is 0.352 e. The summed E-state index contributed by atoms with van der Waals surface area (Å²) in [4.78, 5) is 14.4. The first-order chi connectivity index (χ1) is 8.27. The summed E-state index contributed by atoms with van der Waals surface area (Å²) >= 11 is 0. The summed E-state index contributed by atoms with van der Waals surface area (Å²) in [5, 5.41) is 10.4. The number of carboxylic acids is 1. The summed E-state index contributed by atoms with van der Waals surface area (Å²) in [5.41, 5.74) is 2.34. The third kappa shape index (κ3) is 1.62. The summed E-state index contributed by atoms with van der Waals surface area (Å²) in [6.07, 6.45) is 4.65. The van der Waals surface area contributed by atoms with Gasteiger partial charge in [0.1, 0.15) is 5.69 Å². The lowest BCUT2D eigenvalue weighted by Gasteiger charge is -2.09. The van der Waals surface area contributed by atoms with Crippen LogP contribution in [0.3, 0.4) is 0 Å². The summed E-state index contributed by atoms with van der Waals surface area (Å²) in [5.74, 6) is -0.430. The molecule has 2 aromatic rings. The van der Waals surface area contributed by atoms with E-state index in [0.29, 0.717) is 11.6 Å². The van der Waals surface area contributed by atoms with Gasteiger partial charge in [-0.3, -0.25) is 0 Å². The largest absolute Gasteiger partial charge is 0.477 e. The van der Waals surface area contributed by atoms with Crippen molar-refractivity contribution >= 4 is 16.9 Å². The standard InChI is InChI=1S/C14H15NO2/c16-14(17)13-12(9-5-1-2-6-9)10-7-3-4-8-11(10)15-13/h3-4,7-9,15H,1-2,5-6H2,(H,16,17). The van der Waals surface area contributed by atoms with Crippen molar-refractivity contribution in [2.24, 2.45) is 0 Å². The number of carboxylic acid groups (broad SMARTS) is 1. The minimum Gasteiger partial charge on any atom is -0.477 e. The molecule has 1 aromatic heterocycles. The zero-order valence-electron chi connectivity index (χ0n) is 9.57. The fourth-order valence-corrected chi connectivity index (χ4v) is 2.97. The van der Waals surface area contributed by atoms with E-state index in [9.17, 15) is 9.90 Å². The van der Waals surface area contributed by atoms with E-state index in [4.69, 9.17) is 0 Å². The molecule has 1 aliphatic carbocycles. The van der Waals surface area contributed by atoms with E-state index >= 15 is 0 Å². The van der Waals surface area contributed by atoms with Gasteiger partial charge in [-0.25, -0.2) is 4.79 Å². The Morgan fingerprint density at radius 2 is 1.94 bits per heavy atom. The SMILES string of the molecule is O=C(O)c1[nH]c2ccccc2c1C1CCCC1. The van der Waals surface area contributed by atoms with Crippen molar-refractivity contribution in [3.63, 3.8) is 0 Å². The molecule has 0 saturated heterocycles. The van der Waals surface area contributed by atoms with E-state index in [1.807, 2.05) is 24.3 Å². The molecule has 0 aliphatic heterocycles. The first-order valence-electron chi connectivity index (χ1n) is 6.11. The number of aromatic nitrogens is 1. The highest BCUT2D eigenvalue weighted by atomic mass is 16.4. The van der Waals surface area contributed by atoms with Crippen LogP contribution < -0.4 is 0 Å². The number of carbonyl (C=O) groups is 1. The van der Waals surface area contributed by atoms with E-state index in [2.05, 4.69) is 4.98 Å². The van der Waals surface area contributed by atoms with Crippen molar-refractivity contribution in [1.29, 1.82) is 0 Å². The molecule has 0 bridgehead atoms. The Kier molecular flexibility index (Phi) is 2.39. The number of fused-ring (bicyclic) bond motifs is 1. The predicted molar refractivity (Wildman–Crippen MR) is 66.5 cm³/mol. The molecule has 1 heterocycles. The van der Waals surface area contributed by atoms with E-state index < -0.39 is 5.97 Å². The van der Waals surface area contributed by atoms with Crippen LogP contribution in [-0.2, 0) is 0 Å². The summed E-state index contributed by atoms with van der Waals surface area (Å²) in [6.45, 7) is 0. The first kappa shape index (κ1) is 10.4. The Balaban J connectivity index is 2.24. The van der Waals surface area contributed by atoms with Crippen LogP contribution in [0.15, 0.2) is 24.3 Å². The van der Waals surface area contributed by atoms with E-state index in [1.54, 1.807) is 0 Å². The van der Waals surface area contributed by atoms with Crippen LogP contribution in [0.4, 0.5) is 0 Å². The van der Waals surface area contributed by atoms with Gasteiger partial charge in [0, 0.05) is 10.9 Å². The Morgan fingerprint density at radius 3 is 2.65 bits per heavy atom. The van der Waals surface area contributed by atoms with Crippen molar-refractivity contribution in [3.05, 3.63) is 35.5 Å². The molecular weight excluding hydrogens is 214 g/mol. The van der Waals surface area contributed by atoms with Gasteiger partial charge in [-0.2, -0.15) is 0 Å². The second kappa shape index (κ2) is 3.91. The van der Waals surface area contributed by atoms with Crippen LogP contribution in [0.2, 0.25) is 0 Å². The molecule has 1 aromatic carbocycles. The van der Waals surface area contributed by atoms with Crippen molar-refractivity contribution in [3.8, 4) is 0 Å².